The first kappa shape index (κ1) is 16.4. The van der Waals surface area contributed by atoms with Crippen molar-refractivity contribution in [3.05, 3.63) is 60.1 Å². The number of benzene rings is 1. The van der Waals surface area contributed by atoms with Crippen molar-refractivity contribution in [1.82, 2.24) is 25.1 Å². The topological polar surface area (TPSA) is 58.5 Å². The molecule has 0 saturated heterocycles. The Morgan fingerprint density at radius 2 is 1.96 bits per heavy atom. The van der Waals surface area contributed by atoms with Crippen molar-refractivity contribution in [2.75, 3.05) is 0 Å². The number of halogens is 1. The maximum absolute atomic E-state index is 13.1. The average Bonchev–Trinajstić information content (AvgIpc) is 3.18. The lowest BCUT2D eigenvalue weighted by Gasteiger charge is -2.11. The number of nitrogens with zero attached hydrogens (tertiary/aromatic N) is 3. The van der Waals surface area contributed by atoms with E-state index in [1.54, 1.807) is 18.3 Å². The maximum Gasteiger partial charge on any atom is 0.123 e. The van der Waals surface area contributed by atoms with Gasteiger partial charge in [0, 0.05) is 37.0 Å². The van der Waals surface area contributed by atoms with Gasteiger partial charge >= 0.3 is 0 Å². The van der Waals surface area contributed by atoms with Gasteiger partial charge in [-0.2, -0.15) is 5.10 Å². The van der Waals surface area contributed by atoms with Crippen LogP contribution in [-0.2, 0) is 19.6 Å². The van der Waals surface area contributed by atoms with Crippen LogP contribution in [0.25, 0.3) is 11.3 Å². The minimum absolute atomic E-state index is 0.239. The highest BCUT2D eigenvalue weighted by Gasteiger charge is 2.09. The predicted molar refractivity (Wildman–Crippen MR) is 91.6 cm³/mol. The normalized spacial score (nSPS) is 11.3. The number of rotatable bonds is 7. The molecule has 0 fully saturated rings. The lowest BCUT2D eigenvalue weighted by molar-refractivity contribution is 0.500. The summed E-state index contributed by atoms with van der Waals surface area (Å²) in [7, 11) is 0. The molecule has 1 aromatic carbocycles. The summed E-state index contributed by atoms with van der Waals surface area (Å²) >= 11 is 0. The molecule has 5 nitrogen and oxygen atoms in total. The summed E-state index contributed by atoms with van der Waals surface area (Å²) in [6.07, 6.45) is 5.57. The Balaban J connectivity index is 1.63. The first-order chi connectivity index (χ1) is 11.6. The van der Waals surface area contributed by atoms with Crippen molar-refractivity contribution in [2.45, 2.75) is 33.5 Å². The molecular weight excluding hydrogens is 305 g/mol. The number of aromatic amines is 1. The van der Waals surface area contributed by atoms with E-state index >= 15 is 0 Å². The summed E-state index contributed by atoms with van der Waals surface area (Å²) in [6.45, 7) is 6.76. The quantitative estimate of drug-likeness (QED) is 0.699. The molecule has 0 saturated carbocycles. The first-order valence-electron chi connectivity index (χ1n) is 8.11. The van der Waals surface area contributed by atoms with Gasteiger partial charge in [-0.1, -0.05) is 13.8 Å². The van der Waals surface area contributed by atoms with Crippen LogP contribution in [0.4, 0.5) is 4.39 Å². The van der Waals surface area contributed by atoms with E-state index in [-0.39, 0.29) is 5.82 Å². The van der Waals surface area contributed by atoms with Crippen LogP contribution < -0.4 is 5.32 Å². The van der Waals surface area contributed by atoms with Crippen LogP contribution in [-0.4, -0.2) is 19.7 Å². The van der Waals surface area contributed by atoms with E-state index in [4.69, 9.17) is 0 Å². The standard InChI is InChI=1S/C18H22FN5/c1-13(2)11-24-12-21-10-17(24)9-20-7-15-8-22-23-18(15)14-3-5-16(19)6-4-14/h3-6,8,10,12-13,20H,7,9,11H2,1-2H3,(H,22,23). The summed E-state index contributed by atoms with van der Waals surface area (Å²) in [6, 6.07) is 6.42. The molecule has 2 heterocycles. The van der Waals surface area contributed by atoms with Crippen LogP contribution in [0, 0.1) is 11.7 Å². The molecule has 24 heavy (non-hydrogen) atoms. The van der Waals surface area contributed by atoms with Crippen molar-refractivity contribution < 1.29 is 4.39 Å². The average molecular weight is 327 g/mol. The molecule has 0 aliphatic heterocycles. The third-order valence-corrected chi connectivity index (χ3v) is 3.83. The zero-order chi connectivity index (χ0) is 16.9. The molecule has 0 aliphatic carbocycles. The van der Waals surface area contributed by atoms with Crippen LogP contribution in [0.3, 0.4) is 0 Å². The third kappa shape index (κ3) is 3.89. The molecule has 3 rings (SSSR count). The third-order valence-electron chi connectivity index (χ3n) is 3.83. The Labute approximate surface area is 140 Å². The Kier molecular flexibility index (Phi) is 5.05. The van der Waals surface area contributed by atoms with E-state index in [1.165, 1.54) is 12.1 Å². The van der Waals surface area contributed by atoms with E-state index in [2.05, 4.69) is 38.9 Å². The molecule has 0 spiro atoms. The van der Waals surface area contributed by atoms with Gasteiger partial charge in [0.05, 0.1) is 23.9 Å². The molecule has 2 aromatic heterocycles. The molecule has 126 valence electrons. The van der Waals surface area contributed by atoms with Crippen molar-refractivity contribution in [3.63, 3.8) is 0 Å². The smallest absolute Gasteiger partial charge is 0.123 e. The zero-order valence-corrected chi connectivity index (χ0v) is 14.0. The second kappa shape index (κ2) is 7.40. The molecule has 0 aliphatic rings. The fraction of sp³-hybridized carbons (Fsp3) is 0.333. The van der Waals surface area contributed by atoms with E-state index < -0.39 is 0 Å². The van der Waals surface area contributed by atoms with E-state index in [9.17, 15) is 4.39 Å². The van der Waals surface area contributed by atoms with Crippen LogP contribution in [0.15, 0.2) is 43.0 Å². The minimum Gasteiger partial charge on any atom is -0.333 e. The summed E-state index contributed by atoms with van der Waals surface area (Å²) in [5, 5.41) is 10.5. The van der Waals surface area contributed by atoms with Gasteiger partial charge in [0.25, 0.3) is 0 Å². The van der Waals surface area contributed by atoms with Gasteiger partial charge in [0.1, 0.15) is 5.82 Å². The van der Waals surface area contributed by atoms with Crippen LogP contribution in [0.2, 0.25) is 0 Å². The summed E-state index contributed by atoms with van der Waals surface area (Å²) in [5.41, 5.74) is 4.06. The fourth-order valence-corrected chi connectivity index (χ4v) is 2.69. The highest BCUT2D eigenvalue weighted by Crippen LogP contribution is 2.21. The van der Waals surface area contributed by atoms with Gasteiger partial charge in [-0.3, -0.25) is 5.10 Å². The number of nitrogens with one attached hydrogen (secondary N) is 2. The molecule has 6 heteroatoms. The lowest BCUT2D eigenvalue weighted by atomic mass is 10.1. The van der Waals surface area contributed by atoms with Gasteiger partial charge < -0.3 is 9.88 Å². The Hall–Kier alpha value is -2.47. The van der Waals surface area contributed by atoms with Crippen molar-refractivity contribution in [3.8, 4) is 11.3 Å². The van der Waals surface area contributed by atoms with Gasteiger partial charge in [-0.25, -0.2) is 9.37 Å². The van der Waals surface area contributed by atoms with Crippen LogP contribution >= 0.6 is 0 Å². The minimum atomic E-state index is -0.239. The van der Waals surface area contributed by atoms with Crippen molar-refractivity contribution >= 4 is 0 Å². The van der Waals surface area contributed by atoms with Gasteiger partial charge in [-0.05, 0) is 30.2 Å². The van der Waals surface area contributed by atoms with Crippen LogP contribution in [0.1, 0.15) is 25.1 Å². The Morgan fingerprint density at radius 1 is 1.17 bits per heavy atom. The van der Waals surface area contributed by atoms with E-state index in [1.807, 2.05) is 12.5 Å². The molecule has 0 radical (unpaired) electrons. The highest BCUT2D eigenvalue weighted by molar-refractivity contribution is 5.62. The molecule has 0 atom stereocenters. The summed E-state index contributed by atoms with van der Waals surface area (Å²) in [4.78, 5) is 4.23. The number of hydrogen-bond donors (Lipinski definition) is 2. The van der Waals surface area contributed by atoms with Crippen molar-refractivity contribution in [1.29, 1.82) is 0 Å². The second-order valence-electron chi connectivity index (χ2n) is 6.31. The molecule has 3 aromatic rings. The number of H-pyrrole nitrogens is 1. The Morgan fingerprint density at radius 3 is 2.71 bits per heavy atom. The van der Waals surface area contributed by atoms with Crippen molar-refractivity contribution in [2.24, 2.45) is 5.92 Å². The fourth-order valence-electron chi connectivity index (χ4n) is 2.69. The SMILES string of the molecule is CC(C)Cn1cncc1CNCc1cn[nH]c1-c1ccc(F)cc1. The van der Waals surface area contributed by atoms with Gasteiger partial charge in [-0.15, -0.1) is 0 Å². The number of hydrogen-bond acceptors (Lipinski definition) is 3. The first-order valence-corrected chi connectivity index (χ1v) is 8.11. The second-order valence-corrected chi connectivity index (χ2v) is 6.31. The summed E-state index contributed by atoms with van der Waals surface area (Å²) in [5.74, 6) is 0.341. The number of imidazole rings is 1. The van der Waals surface area contributed by atoms with Crippen LogP contribution in [0.5, 0.6) is 0 Å². The van der Waals surface area contributed by atoms with Gasteiger partial charge in [0.2, 0.25) is 0 Å². The summed E-state index contributed by atoms with van der Waals surface area (Å²) < 4.78 is 15.2. The molecular formula is C18H22FN5. The Bertz CT molecular complexity index is 773. The lowest BCUT2D eigenvalue weighted by Crippen LogP contribution is -2.17. The highest BCUT2D eigenvalue weighted by atomic mass is 19.1. The molecule has 0 unspecified atom stereocenters. The van der Waals surface area contributed by atoms with Gasteiger partial charge in [0.15, 0.2) is 0 Å². The maximum atomic E-state index is 13.1. The monoisotopic (exact) mass is 327 g/mol. The van der Waals surface area contributed by atoms with E-state index in [0.29, 0.717) is 12.5 Å². The number of aromatic nitrogens is 4. The molecule has 2 N–H and O–H groups in total. The largest absolute Gasteiger partial charge is 0.333 e. The molecule has 0 bridgehead atoms. The zero-order valence-electron chi connectivity index (χ0n) is 14.0. The van der Waals surface area contributed by atoms with E-state index in [0.717, 1.165) is 35.6 Å². The predicted octanol–water partition coefficient (Wildman–Crippen LogP) is 3.36. The molecule has 0 amide bonds.